The zero-order chi connectivity index (χ0) is 21.5. The van der Waals surface area contributed by atoms with Crippen LogP contribution in [-0.2, 0) is 0 Å². The molecule has 1 aliphatic rings. The van der Waals surface area contributed by atoms with Crippen molar-refractivity contribution in [3.05, 3.63) is 59.3 Å². The van der Waals surface area contributed by atoms with Crippen molar-refractivity contribution >= 4 is 22.6 Å². The van der Waals surface area contributed by atoms with Gasteiger partial charge in [0.25, 0.3) is 5.92 Å². The minimum Gasteiger partial charge on any atom is -0.478 e. The van der Waals surface area contributed by atoms with E-state index in [0.29, 0.717) is 17.4 Å². The number of halogens is 2. The molecular formula is C23H21F2N3O2. The highest BCUT2D eigenvalue weighted by atomic mass is 19.3. The zero-order valence-electron chi connectivity index (χ0n) is 16.7. The van der Waals surface area contributed by atoms with Crippen molar-refractivity contribution in [1.29, 1.82) is 0 Å². The summed E-state index contributed by atoms with van der Waals surface area (Å²) in [5.41, 5.74) is 3.05. The number of aromatic carboxylic acids is 1. The van der Waals surface area contributed by atoms with Crippen LogP contribution in [0.15, 0.2) is 42.6 Å². The van der Waals surface area contributed by atoms with Crippen molar-refractivity contribution in [2.45, 2.75) is 32.2 Å². The van der Waals surface area contributed by atoms with Crippen LogP contribution in [0.3, 0.4) is 0 Å². The van der Waals surface area contributed by atoms with Gasteiger partial charge in [-0.25, -0.2) is 13.6 Å². The topological polar surface area (TPSA) is 58.4 Å². The van der Waals surface area contributed by atoms with E-state index in [0.717, 1.165) is 16.8 Å². The molecule has 5 nitrogen and oxygen atoms in total. The van der Waals surface area contributed by atoms with Crippen molar-refractivity contribution in [1.82, 2.24) is 9.78 Å². The number of carbonyl (C=O) groups is 1. The van der Waals surface area contributed by atoms with Crippen molar-refractivity contribution in [3.63, 3.8) is 0 Å². The van der Waals surface area contributed by atoms with Crippen LogP contribution in [0.25, 0.3) is 10.9 Å². The lowest BCUT2D eigenvalue weighted by molar-refractivity contribution is 0.0257. The summed E-state index contributed by atoms with van der Waals surface area (Å²) in [4.78, 5) is 13.5. The monoisotopic (exact) mass is 409 g/mol. The SMILES string of the molecule is CC#Cc1ccc(C(=O)O)c2c1cnn2[C@H](C)c1ccc(N2CCC(F)(F)C2)cc1. The first-order valence-electron chi connectivity index (χ1n) is 9.70. The highest BCUT2D eigenvalue weighted by Gasteiger charge is 2.38. The van der Waals surface area contributed by atoms with E-state index in [-0.39, 0.29) is 24.6 Å². The Balaban J connectivity index is 1.71. The molecule has 1 aliphatic heterocycles. The van der Waals surface area contributed by atoms with Gasteiger partial charge < -0.3 is 10.0 Å². The van der Waals surface area contributed by atoms with E-state index in [9.17, 15) is 18.7 Å². The fraction of sp³-hybridized carbons (Fsp3) is 0.304. The standard InChI is InChI=1S/C23H21F2N3O2/c1-3-4-17-7-10-19(22(29)30)21-20(17)13-26-28(21)15(2)16-5-8-18(9-6-16)27-12-11-23(24,25)14-27/h5-10,13,15H,11-12,14H2,1-2H3,(H,29,30)/t15-/m1/s1. The van der Waals surface area contributed by atoms with Gasteiger partial charge in [-0.15, -0.1) is 5.92 Å². The minimum absolute atomic E-state index is 0.134. The zero-order valence-corrected chi connectivity index (χ0v) is 16.7. The fourth-order valence-corrected chi connectivity index (χ4v) is 3.93. The molecule has 2 heterocycles. The van der Waals surface area contributed by atoms with Crippen LogP contribution in [0, 0.1) is 11.8 Å². The van der Waals surface area contributed by atoms with Crippen LogP contribution in [-0.4, -0.2) is 39.9 Å². The number of anilines is 1. The molecule has 0 spiro atoms. The Hall–Kier alpha value is -3.40. The summed E-state index contributed by atoms with van der Waals surface area (Å²) in [6.45, 7) is 3.71. The number of carboxylic acid groups (broad SMARTS) is 1. The number of alkyl halides is 2. The number of fused-ring (bicyclic) bond motifs is 1. The third kappa shape index (κ3) is 3.50. The van der Waals surface area contributed by atoms with E-state index in [1.54, 1.807) is 34.8 Å². The minimum atomic E-state index is -2.65. The maximum Gasteiger partial charge on any atom is 0.337 e. The number of hydrogen-bond acceptors (Lipinski definition) is 3. The third-order valence-corrected chi connectivity index (χ3v) is 5.52. The maximum atomic E-state index is 13.5. The first-order valence-corrected chi connectivity index (χ1v) is 9.70. The summed E-state index contributed by atoms with van der Waals surface area (Å²) in [5, 5.41) is 14.8. The predicted molar refractivity (Wildman–Crippen MR) is 111 cm³/mol. The predicted octanol–water partition coefficient (Wildman–Crippen LogP) is 4.56. The molecule has 7 heteroatoms. The lowest BCUT2D eigenvalue weighted by Crippen LogP contribution is -2.24. The maximum absolute atomic E-state index is 13.5. The van der Waals surface area contributed by atoms with E-state index in [1.165, 1.54) is 0 Å². The Morgan fingerprint density at radius 3 is 2.57 bits per heavy atom. The molecule has 0 radical (unpaired) electrons. The van der Waals surface area contributed by atoms with Crippen LogP contribution in [0.2, 0.25) is 0 Å². The first-order chi connectivity index (χ1) is 14.3. The molecule has 4 rings (SSSR count). The Morgan fingerprint density at radius 2 is 1.97 bits per heavy atom. The van der Waals surface area contributed by atoms with Crippen LogP contribution in [0.4, 0.5) is 14.5 Å². The van der Waals surface area contributed by atoms with Gasteiger partial charge in [0.1, 0.15) is 0 Å². The van der Waals surface area contributed by atoms with Crippen molar-refractivity contribution in [2.24, 2.45) is 0 Å². The number of benzene rings is 2. The second-order valence-electron chi connectivity index (χ2n) is 7.49. The molecule has 154 valence electrons. The Kier molecular flexibility index (Phi) is 4.94. The molecule has 3 aromatic rings. The molecule has 1 atom stereocenters. The van der Waals surface area contributed by atoms with Gasteiger partial charge in [0.2, 0.25) is 0 Å². The summed E-state index contributed by atoms with van der Waals surface area (Å²) in [6.07, 6.45) is 1.50. The normalized spacial score (nSPS) is 16.3. The summed E-state index contributed by atoms with van der Waals surface area (Å²) < 4.78 is 28.7. The Morgan fingerprint density at radius 1 is 1.23 bits per heavy atom. The number of nitrogens with zero attached hydrogens (tertiary/aromatic N) is 3. The molecule has 1 saturated heterocycles. The van der Waals surface area contributed by atoms with Crippen LogP contribution in [0.1, 0.15) is 47.8 Å². The van der Waals surface area contributed by atoms with Gasteiger partial charge in [-0.3, -0.25) is 4.68 Å². The van der Waals surface area contributed by atoms with Crippen molar-refractivity contribution < 1.29 is 18.7 Å². The van der Waals surface area contributed by atoms with E-state index >= 15 is 0 Å². The lowest BCUT2D eigenvalue weighted by atomic mass is 10.0. The van der Waals surface area contributed by atoms with Gasteiger partial charge in [-0.2, -0.15) is 5.10 Å². The van der Waals surface area contributed by atoms with Crippen molar-refractivity contribution in [2.75, 3.05) is 18.0 Å². The molecular weight excluding hydrogens is 388 g/mol. The summed E-state index contributed by atoms with van der Waals surface area (Å²) in [5.74, 6) is 2.15. The number of aromatic nitrogens is 2. The largest absolute Gasteiger partial charge is 0.478 e. The van der Waals surface area contributed by atoms with E-state index < -0.39 is 11.9 Å². The molecule has 0 amide bonds. The summed E-state index contributed by atoms with van der Waals surface area (Å²) in [6, 6.07) is 10.4. The Bertz CT molecular complexity index is 1170. The first kappa shape index (κ1) is 19.9. The van der Waals surface area contributed by atoms with Crippen LogP contribution in [0.5, 0.6) is 0 Å². The third-order valence-electron chi connectivity index (χ3n) is 5.52. The number of hydrogen-bond donors (Lipinski definition) is 1. The molecule has 0 unspecified atom stereocenters. The average molecular weight is 409 g/mol. The second kappa shape index (κ2) is 7.45. The van der Waals surface area contributed by atoms with Gasteiger partial charge in [0.05, 0.1) is 29.9 Å². The highest BCUT2D eigenvalue weighted by molar-refractivity contribution is 6.03. The van der Waals surface area contributed by atoms with Gasteiger partial charge in [0, 0.05) is 29.6 Å². The second-order valence-corrected chi connectivity index (χ2v) is 7.49. The van der Waals surface area contributed by atoms with Gasteiger partial charge in [0.15, 0.2) is 0 Å². The Labute approximate surface area is 172 Å². The quantitative estimate of drug-likeness (QED) is 0.642. The molecule has 1 N–H and O–H groups in total. The van der Waals surface area contributed by atoms with Gasteiger partial charge in [-0.05, 0) is 43.7 Å². The molecule has 1 aromatic heterocycles. The van der Waals surface area contributed by atoms with E-state index in [1.807, 2.05) is 31.2 Å². The lowest BCUT2D eigenvalue weighted by Gasteiger charge is -2.20. The van der Waals surface area contributed by atoms with Crippen LogP contribution >= 0.6 is 0 Å². The van der Waals surface area contributed by atoms with Gasteiger partial charge >= 0.3 is 5.97 Å². The molecule has 0 aliphatic carbocycles. The average Bonchev–Trinajstić information content (AvgIpc) is 3.31. The molecule has 30 heavy (non-hydrogen) atoms. The van der Waals surface area contributed by atoms with Gasteiger partial charge in [-0.1, -0.05) is 18.1 Å². The molecule has 2 aromatic carbocycles. The summed E-state index contributed by atoms with van der Waals surface area (Å²) >= 11 is 0. The fourth-order valence-electron chi connectivity index (χ4n) is 3.93. The number of carboxylic acids is 1. The van der Waals surface area contributed by atoms with E-state index in [2.05, 4.69) is 16.9 Å². The molecule has 1 fully saturated rings. The van der Waals surface area contributed by atoms with Crippen LogP contribution < -0.4 is 4.90 Å². The van der Waals surface area contributed by atoms with Crippen molar-refractivity contribution in [3.8, 4) is 11.8 Å². The summed E-state index contributed by atoms with van der Waals surface area (Å²) in [7, 11) is 0. The number of rotatable bonds is 4. The van der Waals surface area contributed by atoms with E-state index in [4.69, 9.17) is 0 Å². The smallest absolute Gasteiger partial charge is 0.337 e. The highest BCUT2D eigenvalue weighted by Crippen LogP contribution is 2.32. The molecule has 0 saturated carbocycles. The molecule has 0 bridgehead atoms.